The van der Waals surface area contributed by atoms with Crippen LogP contribution in [0.15, 0.2) is 22.7 Å². The second-order valence-electron chi connectivity index (χ2n) is 3.91. The summed E-state index contributed by atoms with van der Waals surface area (Å²) in [5.74, 6) is 0.107. The Morgan fingerprint density at radius 1 is 1.53 bits per heavy atom. The van der Waals surface area contributed by atoms with E-state index in [0.717, 1.165) is 22.3 Å². The topological polar surface area (TPSA) is 41.6 Å². The first-order valence-electron chi connectivity index (χ1n) is 5.55. The van der Waals surface area contributed by atoms with Gasteiger partial charge in [0.25, 0.3) is 0 Å². The van der Waals surface area contributed by atoms with Crippen LogP contribution in [0.5, 0.6) is 0 Å². The van der Waals surface area contributed by atoms with Gasteiger partial charge in [-0.15, -0.1) is 0 Å². The first kappa shape index (κ1) is 12.4. The van der Waals surface area contributed by atoms with Crippen LogP contribution in [0.1, 0.15) is 6.42 Å². The molecule has 1 aromatic rings. The first-order chi connectivity index (χ1) is 8.22. The number of halogens is 1. The molecule has 1 N–H and O–H groups in total. The summed E-state index contributed by atoms with van der Waals surface area (Å²) in [6.07, 6.45) is 0.845. The summed E-state index contributed by atoms with van der Waals surface area (Å²) in [4.78, 5) is 13.7. The maximum Gasteiger partial charge on any atom is 0.246 e. The van der Waals surface area contributed by atoms with E-state index in [4.69, 9.17) is 4.74 Å². The molecule has 0 bridgehead atoms. The van der Waals surface area contributed by atoms with E-state index < -0.39 is 0 Å². The van der Waals surface area contributed by atoms with Crippen LogP contribution in [-0.2, 0) is 9.53 Å². The highest BCUT2D eigenvalue weighted by Gasteiger charge is 2.23. The van der Waals surface area contributed by atoms with E-state index >= 15 is 0 Å². The van der Waals surface area contributed by atoms with Gasteiger partial charge >= 0.3 is 0 Å². The molecule has 1 aromatic carbocycles. The molecule has 2 rings (SSSR count). The monoisotopic (exact) mass is 298 g/mol. The lowest BCUT2D eigenvalue weighted by atomic mass is 10.2. The molecule has 0 fully saturated rings. The van der Waals surface area contributed by atoms with Crippen LogP contribution in [0.25, 0.3) is 0 Å². The molecule has 1 heterocycles. The van der Waals surface area contributed by atoms with Crippen molar-refractivity contribution in [3.8, 4) is 0 Å². The van der Waals surface area contributed by atoms with Gasteiger partial charge in [0.15, 0.2) is 0 Å². The zero-order valence-electron chi connectivity index (χ0n) is 9.70. The fourth-order valence-corrected chi connectivity index (χ4v) is 2.26. The van der Waals surface area contributed by atoms with Crippen molar-refractivity contribution in [2.24, 2.45) is 0 Å². The molecule has 0 radical (unpaired) electrons. The average molecular weight is 299 g/mol. The molecule has 17 heavy (non-hydrogen) atoms. The molecule has 0 aromatic heterocycles. The number of amides is 1. The van der Waals surface area contributed by atoms with Gasteiger partial charge in [-0.25, -0.2) is 0 Å². The van der Waals surface area contributed by atoms with Gasteiger partial charge in [-0.2, -0.15) is 0 Å². The molecular formula is C12H15BrN2O2. The number of rotatable bonds is 4. The van der Waals surface area contributed by atoms with Crippen LogP contribution in [-0.4, -0.2) is 32.7 Å². The smallest absolute Gasteiger partial charge is 0.246 e. The van der Waals surface area contributed by atoms with Crippen LogP contribution < -0.4 is 10.2 Å². The Morgan fingerprint density at radius 2 is 2.35 bits per heavy atom. The van der Waals surface area contributed by atoms with Crippen molar-refractivity contribution in [3.63, 3.8) is 0 Å². The van der Waals surface area contributed by atoms with Gasteiger partial charge in [0.05, 0.1) is 17.9 Å². The summed E-state index contributed by atoms with van der Waals surface area (Å²) in [5.41, 5.74) is 1.94. The van der Waals surface area contributed by atoms with E-state index in [1.807, 2.05) is 23.1 Å². The molecule has 1 aliphatic heterocycles. The van der Waals surface area contributed by atoms with E-state index in [1.54, 1.807) is 7.11 Å². The molecule has 1 amide bonds. The summed E-state index contributed by atoms with van der Waals surface area (Å²) in [5, 5.41) is 3.12. The SMILES string of the molecule is COCCCN1C(=O)CNc2cc(Br)ccc21. The number of benzene rings is 1. The molecule has 5 heteroatoms. The summed E-state index contributed by atoms with van der Waals surface area (Å²) >= 11 is 3.43. The number of carbonyl (C=O) groups excluding carboxylic acids is 1. The third-order valence-corrected chi connectivity index (χ3v) is 3.20. The van der Waals surface area contributed by atoms with E-state index in [9.17, 15) is 4.79 Å². The predicted octanol–water partition coefficient (Wildman–Crippen LogP) is 2.24. The van der Waals surface area contributed by atoms with E-state index in [0.29, 0.717) is 19.7 Å². The highest BCUT2D eigenvalue weighted by molar-refractivity contribution is 9.10. The molecule has 0 spiro atoms. The minimum atomic E-state index is 0.107. The van der Waals surface area contributed by atoms with Crippen LogP contribution in [0, 0.1) is 0 Å². The van der Waals surface area contributed by atoms with Crippen molar-refractivity contribution in [2.45, 2.75) is 6.42 Å². The van der Waals surface area contributed by atoms with Gasteiger partial charge in [-0.3, -0.25) is 4.79 Å². The molecule has 1 aliphatic rings. The van der Waals surface area contributed by atoms with E-state index in [1.165, 1.54) is 0 Å². The Balaban J connectivity index is 2.18. The Morgan fingerprint density at radius 3 is 3.12 bits per heavy atom. The lowest BCUT2D eigenvalue weighted by molar-refractivity contribution is -0.117. The Bertz CT molecular complexity index is 423. The minimum Gasteiger partial charge on any atom is -0.385 e. The van der Waals surface area contributed by atoms with Gasteiger partial charge in [0, 0.05) is 24.7 Å². The maximum atomic E-state index is 11.8. The molecule has 0 atom stereocenters. The van der Waals surface area contributed by atoms with E-state index in [-0.39, 0.29) is 5.91 Å². The predicted molar refractivity (Wildman–Crippen MR) is 71.5 cm³/mol. The molecule has 0 saturated carbocycles. The van der Waals surface area contributed by atoms with Crippen molar-refractivity contribution in [3.05, 3.63) is 22.7 Å². The van der Waals surface area contributed by atoms with Gasteiger partial charge in [0.2, 0.25) is 5.91 Å². The second kappa shape index (κ2) is 5.51. The minimum absolute atomic E-state index is 0.107. The zero-order valence-corrected chi connectivity index (χ0v) is 11.3. The Labute approximate surface area is 109 Å². The molecule has 92 valence electrons. The fourth-order valence-electron chi connectivity index (χ4n) is 1.90. The third kappa shape index (κ3) is 2.79. The molecule has 0 aliphatic carbocycles. The second-order valence-corrected chi connectivity index (χ2v) is 4.82. The number of anilines is 2. The third-order valence-electron chi connectivity index (χ3n) is 2.71. The van der Waals surface area contributed by atoms with Crippen molar-refractivity contribution in [2.75, 3.05) is 37.0 Å². The molecule has 4 nitrogen and oxygen atoms in total. The van der Waals surface area contributed by atoms with Crippen LogP contribution in [0.3, 0.4) is 0 Å². The molecular weight excluding hydrogens is 284 g/mol. The highest BCUT2D eigenvalue weighted by atomic mass is 79.9. The first-order valence-corrected chi connectivity index (χ1v) is 6.34. The molecule has 0 unspecified atom stereocenters. The van der Waals surface area contributed by atoms with Gasteiger partial charge < -0.3 is 15.0 Å². The average Bonchev–Trinajstić information content (AvgIpc) is 2.32. The van der Waals surface area contributed by atoms with Crippen LogP contribution in [0.2, 0.25) is 0 Å². The lowest BCUT2D eigenvalue weighted by Gasteiger charge is -2.30. The van der Waals surface area contributed by atoms with Crippen molar-refractivity contribution < 1.29 is 9.53 Å². The van der Waals surface area contributed by atoms with Crippen molar-refractivity contribution >= 4 is 33.2 Å². The number of carbonyl (C=O) groups is 1. The number of methoxy groups -OCH3 is 1. The zero-order chi connectivity index (χ0) is 12.3. The normalized spacial score (nSPS) is 14.5. The van der Waals surface area contributed by atoms with Crippen LogP contribution >= 0.6 is 15.9 Å². The summed E-state index contributed by atoms with van der Waals surface area (Å²) in [6, 6.07) is 5.89. The number of hydrogen-bond donors (Lipinski definition) is 1. The van der Waals surface area contributed by atoms with Gasteiger partial charge in [-0.1, -0.05) is 15.9 Å². The summed E-state index contributed by atoms with van der Waals surface area (Å²) in [6.45, 7) is 1.72. The maximum absolute atomic E-state index is 11.8. The Kier molecular flexibility index (Phi) is 4.02. The summed E-state index contributed by atoms with van der Waals surface area (Å²) < 4.78 is 6.02. The summed E-state index contributed by atoms with van der Waals surface area (Å²) in [7, 11) is 1.67. The fraction of sp³-hybridized carbons (Fsp3) is 0.417. The number of nitrogens with zero attached hydrogens (tertiary/aromatic N) is 1. The largest absolute Gasteiger partial charge is 0.385 e. The van der Waals surface area contributed by atoms with Crippen LogP contribution in [0.4, 0.5) is 11.4 Å². The number of fused-ring (bicyclic) bond motifs is 1. The highest BCUT2D eigenvalue weighted by Crippen LogP contribution is 2.32. The number of hydrogen-bond acceptors (Lipinski definition) is 3. The quantitative estimate of drug-likeness (QED) is 0.867. The standard InChI is InChI=1S/C12H15BrN2O2/c1-17-6-2-5-15-11-4-3-9(13)7-10(11)14-8-12(15)16/h3-4,7,14H,2,5-6,8H2,1H3. The Hall–Kier alpha value is -1.07. The van der Waals surface area contributed by atoms with E-state index in [2.05, 4.69) is 21.2 Å². The van der Waals surface area contributed by atoms with Gasteiger partial charge in [-0.05, 0) is 24.6 Å². The lowest BCUT2D eigenvalue weighted by Crippen LogP contribution is -2.40. The van der Waals surface area contributed by atoms with Crippen molar-refractivity contribution in [1.29, 1.82) is 0 Å². The number of nitrogens with one attached hydrogen (secondary N) is 1. The van der Waals surface area contributed by atoms with Crippen molar-refractivity contribution in [1.82, 2.24) is 0 Å². The van der Waals surface area contributed by atoms with Gasteiger partial charge in [0.1, 0.15) is 0 Å². The molecule has 0 saturated heterocycles. The number of ether oxygens (including phenoxy) is 1.